The third kappa shape index (κ3) is 5.45. The molecule has 0 spiro atoms. The fourth-order valence-corrected chi connectivity index (χ4v) is 4.47. The van der Waals surface area contributed by atoms with Crippen LogP contribution in [0.15, 0.2) is 58.2 Å². The van der Waals surface area contributed by atoms with E-state index in [1.165, 1.54) is 17.4 Å². The minimum atomic E-state index is -0.125. The summed E-state index contributed by atoms with van der Waals surface area (Å²) in [5.41, 5.74) is 3.72. The number of piperazine rings is 1. The Bertz CT molecular complexity index is 1030. The van der Waals surface area contributed by atoms with E-state index < -0.39 is 0 Å². The lowest BCUT2D eigenvalue weighted by molar-refractivity contribution is 0.0947. The first-order chi connectivity index (χ1) is 15.1. The van der Waals surface area contributed by atoms with Crippen molar-refractivity contribution in [3.63, 3.8) is 0 Å². The first kappa shape index (κ1) is 21.4. The third-order valence-electron chi connectivity index (χ3n) is 5.32. The Hall–Kier alpha value is -2.84. The number of anilines is 1. The number of nitrogens with one attached hydrogen (secondary N) is 1. The highest BCUT2D eigenvalue weighted by atomic mass is 32.2. The minimum Gasteiger partial charge on any atom is -0.369 e. The molecule has 0 aliphatic carbocycles. The smallest absolute Gasteiger partial charge is 0.254 e. The lowest BCUT2D eigenvalue weighted by Gasteiger charge is -2.35. The van der Waals surface area contributed by atoms with Gasteiger partial charge in [-0.15, -0.1) is 0 Å². The molecule has 1 N–H and O–H groups in total. The van der Waals surface area contributed by atoms with Gasteiger partial charge in [0.1, 0.15) is 10.8 Å². The van der Waals surface area contributed by atoms with E-state index in [0.29, 0.717) is 22.9 Å². The highest BCUT2D eigenvalue weighted by molar-refractivity contribution is 7.98. The zero-order valence-electron chi connectivity index (χ0n) is 17.9. The van der Waals surface area contributed by atoms with Gasteiger partial charge in [-0.1, -0.05) is 35.1 Å². The van der Waals surface area contributed by atoms with Gasteiger partial charge in [0.15, 0.2) is 0 Å². The van der Waals surface area contributed by atoms with Crippen molar-refractivity contribution in [1.82, 2.24) is 20.4 Å². The van der Waals surface area contributed by atoms with E-state index in [4.69, 9.17) is 4.52 Å². The van der Waals surface area contributed by atoms with Crippen LogP contribution < -0.4 is 10.2 Å². The van der Waals surface area contributed by atoms with Gasteiger partial charge in [0.05, 0.1) is 11.3 Å². The van der Waals surface area contributed by atoms with Gasteiger partial charge in [0, 0.05) is 56.4 Å². The number of benzene rings is 1. The number of hydrogen-bond acceptors (Lipinski definition) is 7. The summed E-state index contributed by atoms with van der Waals surface area (Å²) in [6.45, 7) is 6.41. The number of carbonyl (C=O) groups is 1. The van der Waals surface area contributed by atoms with Crippen LogP contribution in [0.2, 0.25) is 0 Å². The molecule has 0 saturated carbocycles. The molecule has 1 aliphatic rings. The first-order valence-corrected chi connectivity index (χ1v) is 11.4. The number of amides is 1. The van der Waals surface area contributed by atoms with Gasteiger partial charge >= 0.3 is 0 Å². The predicted molar refractivity (Wildman–Crippen MR) is 122 cm³/mol. The average Bonchev–Trinajstić information content (AvgIpc) is 3.22. The van der Waals surface area contributed by atoms with Crippen LogP contribution in [0.25, 0.3) is 0 Å². The number of carbonyl (C=O) groups excluding carboxylic acids is 1. The molecule has 3 heterocycles. The second-order valence-corrected chi connectivity index (χ2v) is 8.64. The summed E-state index contributed by atoms with van der Waals surface area (Å²) in [5.74, 6) is 1.25. The van der Waals surface area contributed by atoms with Gasteiger partial charge in [-0.25, -0.2) is 4.98 Å². The van der Waals surface area contributed by atoms with Crippen molar-refractivity contribution in [1.29, 1.82) is 0 Å². The standard InChI is InChI=1S/C23H27N5O2S/c1-17-14-19(26-30-17)16-31-23-20(7-5-9-24-23)22(29)25-15-18-6-3-4-8-21(18)28-12-10-27(2)11-13-28/h3-9,14H,10-13,15-16H2,1-2H3,(H,25,29). The number of rotatable bonds is 7. The maximum absolute atomic E-state index is 13.0. The van der Waals surface area contributed by atoms with Crippen molar-refractivity contribution < 1.29 is 9.32 Å². The Morgan fingerprint density at radius 2 is 1.97 bits per heavy atom. The van der Waals surface area contributed by atoms with Gasteiger partial charge in [-0.3, -0.25) is 4.79 Å². The van der Waals surface area contributed by atoms with Gasteiger partial charge in [-0.05, 0) is 37.7 Å². The summed E-state index contributed by atoms with van der Waals surface area (Å²) < 4.78 is 5.12. The molecule has 0 atom stereocenters. The number of likely N-dealkylation sites (N-methyl/N-ethyl adjacent to an activating group) is 1. The summed E-state index contributed by atoms with van der Waals surface area (Å²) in [4.78, 5) is 22.1. The van der Waals surface area contributed by atoms with Crippen molar-refractivity contribution in [2.24, 2.45) is 0 Å². The van der Waals surface area contributed by atoms with Gasteiger partial charge < -0.3 is 19.6 Å². The lowest BCUT2D eigenvalue weighted by Crippen LogP contribution is -2.45. The molecule has 1 saturated heterocycles. The second kappa shape index (κ2) is 9.98. The summed E-state index contributed by atoms with van der Waals surface area (Å²) in [7, 11) is 2.15. The Kier molecular flexibility index (Phi) is 6.89. The number of pyridine rings is 1. The molecule has 1 fully saturated rings. The minimum absolute atomic E-state index is 0.125. The average molecular weight is 438 g/mol. The number of thioether (sulfide) groups is 1. The topological polar surface area (TPSA) is 74.5 Å². The van der Waals surface area contributed by atoms with E-state index in [9.17, 15) is 4.79 Å². The SMILES string of the molecule is Cc1cc(CSc2ncccc2C(=O)NCc2ccccc2N2CCN(C)CC2)no1. The highest BCUT2D eigenvalue weighted by Gasteiger charge is 2.18. The van der Waals surface area contributed by atoms with Crippen LogP contribution in [0.5, 0.6) is 0 Å². The molecule has 31 heavy (non-hydrogen) atoms. The van der Waals surface area contributed by atoms with E-state index in [-0.39, 0.29) is 5.91 Å². The Balaban J connectivity index is 1.42. The molecule has 7 nitrogen and oxygen atoms in total. The van der Waals surface area contributed by atoms with Crippen LogP contribution in [0, 0.1) is 6.92 Å². The quantitative estimate of drug-likeness (QED) is 0.568. The largest absolute Gasteiger partial charge is 0.369 e. The highest BCUT2D eigenvalue weighted by Crippen LogP contribution is 2.25. The Labute approximate surface area is 186 Å². The third-order valence-corrected chi connectivity index (χ3v) is 6.36. The van der Waals surface area contributed by atoms with Crippen molar-refractivity contribution in [3.05, 3.63) is 71.2 Å². The fourth-order valence-electron chi connectivity index (χ4n) is 3.59. The van der Waals surface area contributed by atoms with Crippen molar-refractivity contribution in [2.75, 3.05) is 38.1 Å². The van der Waals surface area contributed by atoms with E-state index in [1.54, 1.807) is 12.3 Å². The zero-order chi connectivity index (χ0) is 21.6. The van der Waals surface area contributed by atoms with E-state index in [2.05, 4.69) is 50.5 Å². The van der Waals surface area contributed by atoms with Crippen molar-refractivity contribution in [2.45, 2.75) is 24.2 Å². The van der Waals surface area contributed by atoms with Crippen LogP contribution in [0.4, 0.5) is 5.69 Å². The van der Waals surface area contributed by atoms with E-state index in [0.717, 1.165) is 43.2 Å². The van der Waals surface area contributed by atoms with Crippen molar-refractivity contribution in [3.8, 4) is 0 Å². The Morgan fingerprint density at radius 1 is 1.16 bits per heavy atom. The molecule has 4 rings (SSSR count). The van der Waals surface area contributed by atoms with Crippen LogP contribution in [-0.4, -0.2) is 54.2 Å². The molecule has 1 aromatic carbocycles. The van der Waals surface area contributed by atoms with Crippen LogP contribution in [0.1, 0.15) is 27.4 Å². The molecule has 3 aromatic rings. The maximum atomic E-state index is 13.0. The molecular weight excluding hydrogens is 410 g/mol. The van der Waals surface area contributed by atoms with E-state index in [1.807, 2.05) is 25.1 Å². The fraction of sp³-hybridized carbons (Fsp3) is 0.348. The molecule has 2 aromatic heterocycles. The van der Waals surface area contributed by atoms with Gasteiger partial charge in [0.2, 0.25) is 0 Å². The number of aromatic nitrogens is 2. The number of nitrogens with zero attached hydrogens (tertiary/aromatic N) is 4. The Morgan fingerprint density at radius 3 is 2.74 bits per heavy atom. The maximum Gasteiger partial charge on any atom is 0.254 e. The summed E-state index contributed by atoms with van der Waals surface area (Å²) in [6.07, 6.45) is 1.70. The molecule has 0 unspecified atom stereocenters. The molecule has 1 aliphatic heterocycles. The van der Waals surface area contributed by atoms with Gasteiger partial charge in [0.25, 0.3) is 5.91 Å². The zero-order valence-corrected chi connectivity index (χ0v) is 18.7. The van der Waals surface area contributed by atoms with Gasteiger partial charge in [-0.2, -0.15) is 0 Å². The summed E-state index contributed by atoms with van der Waals surface area (Å²) in [6, 6.07) is 13.8. The molecule has 0 radical (unpaired) electrons. The summed E-state index contributed by atoms with van der Waals surface area (Å²) in [5, 5.41) is 7.78. The molecule has 1 amide bonds. The molecule has 0 bridgehead atoms. The monoisotopic (exact) mass is 437 g/mol. The lowest BCUT2D eigenvalue weighted by atomic mass is 10.1. The number of aryl methyl sites for hydroxylation is 1. The molecular formula is C23H27N5O2S. The van der Waals surface area contributed by atoms with Crippen LogP contribution in [-0.2, 0) is 12.3 Å². The molecule has 8 heteroatoms. The number of para-hydroxylation sites is 1. The van der Waals surface area contributed by atoms with Crippen LogP contribution in [0.3, 0.4) is 0 Å². The predicted octanol–water partition coefficient (Wildman–Crippen LogP) is 3.35. The normalized spacial score (nSPS) is 14.6. The van der Waals surface area contributed by atoms with Crippen molar-refractivity contribution >= 4 is 23.4 Å². The molecule has 162 valence electrons. The van der Waals surface area contributed by atoms with Crippen LogP contribution >= 0.6 is 11.8 Å². The van der Waals surface area contributed by atoms with E-state index >= 15 is 0 Å². The summed E-state index contributed by atoms with van der Waals surface area (Å²) >= 11 is 1.48. The first-order valence-electron chi connectivity index (χ1n) is 10.4. The second-order valence-electron chi connectivity index (χ2n) is 7.68. The number of hydrogen-bond donors (Lipinski definition) is 1.